The Kier molecular flexibility index (Phi) is 8.77. The van der Waals surface area contributed by atoms with E-state index in [0.29, 0.717) is 0 Å². The van der Waals surface area contributed by atoms with Crippen molar-refractivity contribution in [2.75, 3.05) is 40.0 Å². The minimum atomic E-state index is 0.0437. The largest absolute Gasteiger partial charge is 0.396 e. The van der Waals surface area contributed by atoms with E-state index in [1.807, 2.05) is 0 Å². The van der Waals surface area contributed by atoms with E-state index >= 15 is 0 Å². The number of unbranched alkanes of at least 4 members (excludes halogenated alkanes) is 2. The summed E-state index contributed by atoms with van der Waals surface area (Å²) >= 11 is 0. The van der Waals surface area contributed by atoms with Crippen molar-refractivity contribution in [1.82, 2.24) is 10.6 Å². The van der Waals surface area contributed by atoms with Crippen LogP contribution in [0.4, 0.5) is 0 Å². The number of guanidine groups is 1. The first kappa shape index (κ1) is 19.7. The molecule has 0 aliphatic carbocycles. The van der Waals surface area contributed by atoms with Gasteiger partial charge in [-0.25, -0.2) is 0 Å². The Morgan fingerprint density at radius 3 is 2.72 bits per heavy atom. The van der Waals surface area contributed by atoms with Crippen LogP contribution < -0.4 is 10.6 Å². The maximum absolute atomic E-state index is 9.29. The van der Waals surface area contributed by atoms with Crippen molar-refractivity contribution in [3.63, 3.8) is 0 Å². The number of aliphatic imine (C=N–C) groups is 1. The SMILES string of the molecule is CN=C(NCCCCCc1ccccc1)NCC1(CCO)CCOC1. The molecule has 1 saturated heterocycles. The molecule has 0 amide bonds. The summed E-state index contributed by atoms with van der Waals surface area (Å²) in [5.41, 5.74) is 1.46. The predicted octanol–water partition coefficient (Wildman–Crippen LogP) is 2.35. The third kappa shape index (κ3) is 7.04. The molecular formula is C20H33N3O2. The number of nitrogens with one attached hydrogen (secondary N) is 2. The number of benzene rings is 1. The zero-order valence-corrected chi connectivity index (χ0v) is 15.5. The summed E-state index contributed by atoms with van der Waals surface area (Å²) in [7, 11) is 1.80. The highest BCUT2D eigenvalue weighted by molar-refractivity contribution is 5.79. The van der Waals surface area contributed by atoms with Crippen LogP contribution in [0.25, 0.3) is 0 Å². The molecule has 0 saturated carbocycles. The molecule has 1 atom stereocenters. The number of aryl methyl sites for hydroxylation is 1. The minimum absolute atomic E-state index is 0.0437. The van der Waals surface area contributed by atoms with Gasteiger partial charge in [0.1, 0.15) is 0 Å². The van der Waals surface area contributed by atoms with Crippen molar-refractivity contribution in [1.29, 1.82) is 0 Å². The maximum atomic E-state index is 9.29. The second-order valence-electron chi connectivity index (χ2n) is 6.92. The van der Waals surface area contributed by atoms with Gasteiger partial charge < -0.3 is 20.5 Å². The Bertz CT molecular complexity index is 499. The highest BCUT2D eigenvalue weighted by atomic mass is 16.5. The van der Waals surface area contributed by atoms with Crippen molar-refractivity contribution < 1.29 is 9.84 Å². The molecule has 5 heteroatoms. The molecule has 1 aliphatic heterocycles. The van der Waals surface area contributed by atoms with Crippen LogP contribution in [-0.4, -0.2) is 51.0 Å². The highest BCUT2D eigenvalue weighted by Gasteiger charge is 2.34. The van der Waals surface area contributed by atoms with Crippen LogP contribution >= 0.6 is 0 Å². The van der Waals surface area contributed by atoms with E-state index in [4.69, 9.17) is 4.74 Å². The van der Waals surface area contributed by atoms with Gasteiger partial charge in [0.2, 0.25) is 0 Å². The third-order valence-corrected chi connectivity index (χ3v) is 4.96. The van der Waals surface area contributed by atoms with Gasteiger partial charge in [-0.2, -0.15) is 0 Å². The van der Waals surface area contributed by atoms with Crippen LogP contribution in [-0.2, 0) is 11.2 Å². The van der Waals surface area contributed by atoms with Crippen molar-refractivity contribution in [3.8, 4) is 0 Å². The van der Waals surface area contributed by atoms with Gasteiger partial charge >= 0.3 is 0 Å². The second kappa shape index (κ2) is 11.1. The molecule has 1 aromatic rings. The minimum Gasteiger partial charge on any atom is -0.396 e. The Balaban J connectivity index is 1.58. The summed E-state index contributed by atoms with van der Waals surface area (Å²) in [6, 6.07) is 10.7. The van der Waals surface area contributed by atoms with Crippen LogP contribution in [0.5, 0.6) is 0 Å². The standard InChI is InChI=1S/C20H33N3O2/c1-21-19(23-16-20(11-14-24)12-15-25-17-20)22-13-7-3-6-10-18-8-4-2-5-9-18/h2,4-5,8-9,24H,3,6-7,10-17H2,1H3,(H2,21,22,23). The molecule has 25 heavy (non-hydrogen) atoms. The summed E-state index contributed by atoms with van der Waals surface area (Å²) < 4.78 is 5.53. The van der Waals surface area contributed by atoms with Crippen LogP contribution in [0.3, 0.4) is 0 Å². The van der Waals surface area contributed by atoms with Crippen molar-refractivity contribution in [2.45, 2.75) is 38.5 Å². The molecule has 1 aromatic carbocycles. The second-order valence-corrected chi connectivity index (χ2v) is 6.92. The average molecular weight is 348 g/mol. The van der Waals surface area contributed by atoms with E-state index in [9.17, 15) is 5.11 Å². The molecular weight excluding hydrogens is 314 g/mol. The van der Waals surface area contributed by atoms with Gasteiger partial charge in [0.05, 0.1) is 6.61 Å². The Morgan fingerprint density at radius 1 is 1.20 bits per heavy atom. The lowest BCUT2D eigenvalue weighted by molar-refractivity contribution is 0.127. The zero-order valence-electron chi connectivity index (χ0n) is 15.5. The van der Waals surface area contributed by atoms with E-state index < -0.39 is 0 Å². The molecule has 1 fully saturated rings. The Hall–Kier alpha value is -1.59. The smallest absolute Gasteiger partial charge is 0.190 e. The third-order valence-electron chi connectivity index (χ3n) is 4.96. The van der Waals surface area contributed by atoms with Crippen LogP contribution in [0.1, 0.15) is 37.7 Å². The fourth-order valence-electron chi connectivity index (χ4n) is 3.29. The van der Waals surface area contributed by atoms with Gasteiger partial charge in [0.25, 0.3) is 0 Å². The fourth-order valence-corrected chi connectivity index (χ4v) is 3.29. The highest BCUT2D eigenvalue weighted by Crippen LogP contribution is 2.31. The van der Waals surface area contributed by atoms with Gasteiger partial charge in [-0.1, -0.05) is 36.8 Å². The maximum Gasteiger partial charge on any atom is 0.190 e. The summed E-state index contributed by atoms with van der Waals surface area (Å²) in [5, 5.41) is 16.1. The molecule has 1 heterocycles. The zero-order chi connectivity index (χ0) is 17.8. The van der Waals surface area contributed by atoms with E-state index in [1.54, 1.807) is 7.05 Å². The summed E-state index contributed by atoms with van der Waals surface area (Å²) in [6.45, 7) is 3.43. The average Bonchev–Trinajstić information content (AvgIpc) is 3.10. The van der Waals surface area contributed by atoms with Gasteiger partial charge in [-0.05, 0) is 37.7 Å². The summed E-state index contributed by atoms with van der Waals surface area (Å²) in [6.07, 6.45) is 6.49. The number of hydrogen-bond acceptors (Lipinski definition) is 3. The number of hydrogen-bond donors (Lipinski definition) is 3. The van der Waals surface area contributed by atoms with Crippen molar-refractivity contribution in [2.24, 2.45) is 10.4 Å². The topological polar surface area (TPSA) is 65.9 Å². The van der Waals surface area contributed by atoms with E-state index in [-0.39, 0.29) is 12.0 Å². The summed E-state index contributed by atoms with van der Waals surface area (Å²) in [4.78, 5) is 4.30. The number of ether oxygens (including phenoxy) is 1. The molecule has 0 radical (unpaired) electrons. The first-order chi connectivity index (χ1) is 12.3. The number of rotatable bonds is 10. The first-order valence-corrected chi connectivity index (χ1v) is 9.45. The molecule has 1 aliphatic rings. The van der Waals surface area contributed by atoms with Crippen LogP contribution in [0.15, 0.2) is 35.3 Å². The first-order valence-electron chi connectivity index (χ1n) is 9.45. The molecule has 1 unspecified atom stereocenters. The van der Waals surface area contributed by atoms with Crippen molar-refractivity contribution in [3.05, 3.63) is 35.9 Å². The molecule has 0 aromatic heterocycles. The molecule has 5 nitrogen and oxygen atoms in total. The van der Waals surface area contributed by atoms with Crippen molar-refractivity contribution >= 4 is 5.96 Å². The van der Waals surface area contributed by atoms with Crippen LogP contribution in [0, 0.1) is 5.41 Å². The molecule has 0 bridgehead atoms. The quantitative estimate of drug-likeness (QED) is 0.345. The fraction of sp³-hybridized carbons (Fsp3) is 0.650. The lowest BCUT2D eigenvalue weighted by atomic mass is 9.84. The van der Waals surface area contributed by atoms with Gasteiger partial charge in [-0.15, -0.1) is 0 Å². The monoisotopic (exact) mass is 347 g/mol. The molecule has 0 spiro atoms. The van der Waals surface area contributed by atoms with E-state index in [0.717, 1.165) is 57.9 Å². The predicted molar refractivity (Wildman–Crippen MR) is 103 cm³/mol. The molecule has 2 rings (SSSR count). The van der Waals surface area contributed by atoms with Gasteiger partial charge in [-0.3, -0.25) is 4.99 Å². The Morgan fingerprint density at radius 2 is 2.04 bits per heavy atom. The van der Waals surface area contributed by atoms with Gasteiger partial charge in [0.15, 0.2) is 5.96 Å². The Labute approximate surface area is 151 Å². The lowest BCUT2D eigenvalue weighted by Gasteiger charge is -2.27. The summed E-state index contributed by atoms with van der Waals surface area (Å²) in [5.74, 6) is 0.840. The van der Waals surface area contributed by atoms with Gasteiger partial charge in [0, 0.05) is 38.8 Å². The normalized spacial score (nSPS) is 20.6. The van der Waals surface area contributed by atoms with E-state index in [2.05, 4.69) is 46.0 Å². The number of aliphatic hydroxyl groups is 1. The molecule has 3 N–H and O–H groups in total. The number of nitrogens with zero attached hydrogens (tertiary/aromatic N) is 1. The number of aliphatic hydroxyl groups excluding tert-OH is 1. The lowest BCUT2D eigenvalue weighted by Crippen LogP contribution is -2.44. The van der Waals surface area contributed by atoms with E-state index in [1.165, 1.54) is 18.4 Å². The molecule has 140 valence electrons. The van der Waals surface area contributed by atoms with Crippen LogP contribution in [0.2, 0.25) is 0 Å².